The number of aromatic nitrogens is 4. The van der Waals surface area contributed by atoms with Gasteiger partial charge in [-0.25, -0.2) is 19.3 Å². The van der Waals surface area contributed by atoms with Crippen molar-refractivity contribution in [1.29, 1.82) is 0 Å². The van der Waals surface area contributed by atoms with Crippen LogP contribution in [0.25, 0.3) is 5.65 Å². The molecule has 90 valence electrons. The molecule has 0 spiro atoms. The molecule has 0 aliphatic carbocycles. The molecule has 0 saturated carbocycles. The van der Waals surface area contributed by atoms with Crippen LogP contribution in [0.3, 0.4) is 0 Å². The lowest BCUT2D eigenvalue weighted by atomic mass is 10.3. The van der Waals surface area contributed by atoms with Crippen molar-refractivity contribution in [3.05, 3.63) is 52.0 Å². The van der Waals surface area contributed by atoms with Gasteiger partial charge in [0.05, 0.1) is 0 Å². The number of halogens is 1. The van der Waals surface area contributed by atoms with Gasteiger partial charge in [-0.2, -0.15) is 5.10 Å². The fourth-order valence-electron chi connectivity index (χ4n) is 1.61. The second-order valence-corrected chi connectivity index (χ2v) is 4.06. The third-order valence-electron chi connectivity index (χ3n) is 2.43. The highest BCUT2D eigenvalue weighted by Gasteiger charge is 2.06. The third kappa shape index (κ3) is 1.82. The number of benzene rings is 1. The molecule has 3 rings (SSSR count). The zero-order valence-corrected chi connectivity index (χ0v) is 9.85. The van der Waals surface area contributed by atoms with Gasteiger partial charge >= 0.3 is 5.69 Å². The minimum absolute atomic E-state index is 0.338. The van der Waals surface area contributed by atoms with Crippen molar-refractivity contribution in [3.8, 4) is 0 Å². The van der Waals surface area contributed by atoms with Crippen molar-refractivity contribution < 1.29 is 0 Å². The Morgan fingerprint density at radius 3 is 2.78 bits per heavy atom. The minimum Gasteiger partial charge on any atom is -0.325 e. The van der Waals surface area contributed by atoms with E-state index in [0.29, 0.717) is 16.6 Å². The number of hydrogen-bond acceptors (Lipinski definition) is 4. The maximum Gasteiger partial charge on any atom is 0.350 e. The van der Waals surface area contributed by atoms with E-state index in [1.807, 2.05) is 0 Å². The Balaban J connectivity index is 2.07. The Bertz CT molecular complexity index is 746. The zero-order valence-electron chi connectivity index (χ0n) is 9.09. The summed E-state index contributed by atoms with van der Waals surface area (Å²) in [4.78, 5) is 15.7. The molecule has 0 aliphatic rings. The molecule has 2 heterocycles. The lowest BCUT2D eigenvalue weighted by Gasteiger charge is -2.06. The van der Waals surface area contributed by atoms with Crippen LogP contribution in [0.1, 0.15) is 0 Å². The van der Waals surface area contributed by atoms with Crippen molar-refractivity contribution >= 4 is 28.9 Å². The number of aromatic amines is 1. The molecule has 0 aliphatic heterocycles. The standard InChI is InChI=1S/C11H8ClN5O/c12-7-1-3-8(4-2-7)14-10-13-6-5-9-15-16-11(18)17(9)10/h1-6H,(H,13,14)(H,16,18). The van der Waals surface area contributed by atoms with Gasteiger partial charge in [-0.15, -0.1) is 0 Å². The zero-order chi connectivity index (χ0) is 12.5. The molecule has 3 aromatic rings. The summed E-state index contributed by atoms with van der Waals surface area (Å²) in [7, 11) is 0. The minimum atomic E-state index is -0.338. The van der Waals surface area contributed by atoms with Crippen LogP contribution >= 0.6 is 11.6 Å². The topological polar surface area (TPSA) is 75.1 Å². The molecule has 6 nitrogen and oxygen atoms in total. The van der Waals surface area contributed by atoms with Crippen LogP contribution in [0, 0.1) is 0 Å². The first-order chi connectivity index (χ1) is 8.74. The van der Waals surface area contributed by atoms with E-state index in [4.69, 9.17) is 11.6 Å². The molecular weight excluding hydrogens is 254 g/mol. The van der Waals surface area contributed by atoms with Gasteiger partial charge in [-0.1, -0.05) is 11.6 Å². The van der Waals surface area contributed by atoms with Gasteiger partial charge in [-0.05, 0) is 24.3 Å². The SMILES string of the molecule is O=c1[nH]nc2ccnc(Nc3ccc(Cl)cc3)n12. The summed E-state index contributed by atoms with van der Waals surface area (Å²) >= 11 is 5.80. The van der Waals surface area contributed by atoms with E-state index in [2.05, 4.69) is 20.5 Å². The Kier molecular flexibility index (Phi) is 2.49. The highest BCUT2D eigenvalue weighted by atomic mass is 35.5. The van der Waals surface area contributed by atoms with Crippen LogP contribution in [-0.2, 0) is 0 Å². The molecule has 0 unspecified atom stereocenters. The second kappa shape index (κ2) is 4.15. The first kappa shape index (κ1) is 10.8. The highest BCUT2D eigenvalue weighted by Crippen LogP contribution is 2.17. The average molecular weight is 262 g/mol. The van der Waals surface area contributed by atoms with Crippen molar-refractivity contribution in [2.45, 2.75) is 0 Å². The van der Waals surface area contributed by atoms with Gasteiger partial charge in [0.15, 0.2) is 5.65 Å². The molecule has 0 radical (unpaired) electrons. The molecule has 0 bridgehead atoms. The van der Waals surface area contributed by atoms with Crippen LogP contribution in [0.15, 0.2) is 41.3 Å². The number of hydrogen-bond donors (Lipinski definition) is 2. The lowest BCUT2D eigenvalue weighted by molar-refractivity contribution is 1.00. The summed E-state index contributed by atoms with van der Waals surface area (Å²) in [5.74, 6) is 0.397. The van der Waals surface area contributed by atoms with Crippen molar-refractivity contribution in [2.24, 2.45) is 0 Å². The maximum absolute atomic E-state index is 11.6. The Hall–Kier alpha value is -2.34. The highest BCUT2D eigenvalue weighted by molar-refractivity contribution is 6.30. The summed E-state index contributed by atoms with van der Waals surface area (Å²) in [5, 5.41) is 9.91. The predicted molar refractivity (Wildman–Crippen MR) is 68.3 cm³/mol. The van der Waals surface area contributed by atoms with E-state index in [0.717, 1.165) is 5.69 Å². The molecule has 18 heavy (non-hydrogen) atoms. The number of nitrogens with one attached hydrogen (secondary N) is 2. The van der Waals surface area contributed by atoms with Crippen molar-refractivity contribution in [2.75, 3.05) is 5.32 Å². The van der Waals surface area contributed by atoms with E-state index < -0.39 is 0 Å². The molecule has 0 amide bonds. The molecule has 2 aromatic heterocycles. The Morgan fingerprint density at radius 1 is 1.22 bits per heavy atom. The van der Waals surface area contributed by atoms with Crippen LogP contribution < -0.4 is 11.0 Å². The molecule has 0 fully saturated rings. The first-order valence-electron chi connectivity index (χ1n) is 5.19. The quantitative estimate of drug-likeness (QED) is 0.738. The second-order valence-electron chi connectivity index (χ2n) is 3.62. The van der Waals surface area contributed by atoms with E-state index in [9.17, 15) is 4.79 Å². The number of rotatable bonds is 2. The van der Waals surface area contributed by atoms with Gasteiger partial charge in [0.25, 0.3) is 0 Å². The van der Waals surface area contributed by atoms with E-state index >= 15 is 0 Å². The number of H-pyrrole nitrogens is 1. The van der Waals surface area contributed by atoms with Gasteiger partial charge in [0.2, 0.25) is 5.95 Å². The number of fused-ring (bicyclic) bond motifs is 1. The summed E-state index contributed by atoms with van der Waals surface area (Å²) in [6.07, 6.45) is 1.58. The van der Waals surface area contributed by atoms with Crippen LogP contribution in [0.5, 0.6) is 0 Å². The van der Waals surface area contributed by atoms with Crippen LogP contribution in [-0.4, -0.2) is 19.6 Å². The molecular formula is C11H8ClN5O. The largest absolute Gasteiger partial charge is 0.350 e. The molecule has 0 saturated heterocycles. The normalized spacial score (nSPS) is 10.7. The van der Waals surface area contributed by atoms with E-state index in [1.54, 1.807) is 36.5 Å². The fourth-order valence-corrected chi connectivity index (χ4v) is 1.73. The molecule has 7 heteroatoms. The molecule has 2 N–H and O–H groups in total. The maximum atomic E-state index is 11.6. The predicted octanol–water partition coefficient (Wildman–Crippen LogP) is 1.81. The Morgan fingerprint density at radius 2 is 2.00 bits per heavy atom. The van der Waals surface area contributed by atoms with Crippen LogP contribution in [0.2, 0.25) is 5.02 Å². The van der Waals surface area contributed by atoms with E-state index in [1.165, 1.54) is 4.40 Å². The Labute approximate surface area is 106 Å². The average Bonchev–Trinajstić information content (AvgIpc) is 2.75. The van der Waals surface area contributed by atoms with E-state index in [-0.39, 0.29) is 5.69 Å². The third-order valence-corrected chi connectivity index (χ3v) is 2.68. The lowest BCUT2D eigenvalue weighted by Crippen LogP contribution is -2.13. The monoisotopic (exact) mass is 261 g/mol. The van der Waals surface area contributed by atoms with Crippen molar-refractivity contribution in [3.63, 3.8) is 0 Å². The number of nitrogens with zero attached hydrogens (tertiary/aromatic N) is 3. The smallest absolute Gasteiger partial charge is 0.325 e. The summed E-state index contributed by atoms with van der Waals surface area (Å²) in [5.41, 5.74) is 0.952. The van der Waals surface area contributed by atoms with Crippen LogP contribution in [0.4, 0.5) is 11.6 Å². The van der Waals surface area contributed by atoms with Crippen molar-refractivity contribution in [1.82, 2.24) is 19.6 Å². The summed E-state index contributed by atoms with van der Waals surface area (Å²) in [6, 6.07) is 8.75. The van der Waals surface area contributed by atoms with Gasteiger partial charge < -0.3 is 5.32 Å². The molecule has 0 atom stereocenters. The van der Waals surface area contributed by atoms with Gasteiger partial charge in [-0.3, -0.25) is 0 Å². The molecule has 1 aromatic carbocycles. The summed E-state index contributed by atoms with van der Waals surface area (Å²) < 4.78 is 1.36. The summed E-state index contributed by atoms with van der Waals surface area (Å²) in [6.45, 7) is 0. The first-order valence-corrected chi connectivity index (χ1v) is 5.56. The fraction of sp³-hybridized carbons (Fsp3) is 0. The van der Waals surface area contributed by atoms with Gasteiger partial charge in [0.1, 0.15) is 0 Å². The van der Waals surface area contributed by atoms with Gasteiger partial charge in [0, 0.05) is 23.0 Å². The number of anilines is 2.